The minimum absolute atomic E-state index is 0.682. The first kappa shape index (κ1) is 13.6. The van der Waals surface area contributed by atoms with Gasteiger partial charge >= 0.3 is 0 Å². The Balaban J connectivity index is 1.42. The van der Waals surface area contributed by atoms with Crippen molar-refractivity contribution in [3.63, 3.8) is 0 Å². The fraction of sp³-hybridized carbons (Fsp3) is 0.438. The van der Waals surface area contributed by atoms with Crippen LogP contribution in [0, 0.1) is 12.8 Å². The van der Waals surface area contributed by atoms with Crippen molar-refractivity contribution in [3.05, 3.63) is 45.9 Å². The lowest BCUT2D eigenvalue weighted by Gasteiger charge is -2.26. The Hall–Kier alpha value is -1.39. The van der Waals surface area contributed by atoms with Gasteiger partial charge in [0.1, 0.15) is 0 Å². The van der Waals surface area contributed by atoms with Gasteiger partial charge < -0.3 is 10.6 Å². The molecule has 0 fully saturated rings. The molecule has 4 heteroatoms. The molecule has 106 valence electrons. The molecular formula is C16H21N3S. The standard InChI is InChI=1S/C16H21N3S/c1-12-19-15(11-20-12)6-7-17-9-13-8-14-4-2-3-5-16(14)18-10-13/h2-5,11,13,17-18H,6-10H2,1H3. The van der Waals surface area contributed by atoms with E-state index in [4.69, 9.17) is 0 Å². The maximum absolute atomic E-state index is 4.49. The summed E-state index contributed by atoms with van der Waals surface area (Å²) in [4.78, 5) is 4.49. The van der Waals surface area contributed by atoms with Gasteiger partial charge in [-0.1, -0.05) is 18.2 Å². The van der Waals surface area contributed by atoms with Gasteiger partial charge in [-0.05, 0) is 37.4 Å². The Morgan fingerprint density at radius 3 is 3.15 bits per heavy atom. The molecular weight excluding hydrogens is 266 g/mol. The molecule has 1 unspecified atom stereocenters. The van der Waals surface area contributed by atoms with Gasteiger partial charge in [-0.15, -0.1) is 11.3 Å². The summed E-state index contributed by atoms with van der Waals surface area (Å²) in [6.45, 7) is 5.22. The first-order chi connectivity index (χ1) is 9.81. The summed E-state index contributed by atoms with van der Waals surface area (Å²) in [5, 5.41) is 10.4. The second-order valence-electron chi connectivity index (χ2n) is 5.42. The molecule has 1 aliphatic rings. The van der Waals surface area contributed by atoms with E-state index in [1.165, 1.54) is 23.4 Å². The van der Waals surface area contributed by atoms with Gasteiger partial charge in [0.25, 0.3) is 0 Å². The van der Waals surface area contributed by atoms with Gasteiger partial charge in [0.2, 0.25) is 0 Å². The zero-order chi connectivity index (χ0) is 13.8. The molecule has 0 spiro atoms. The number of aromatic nitrogens is 1. The summed E-state index contributed by atoms with van der Waals surface area (Å²) in [6.07, 6.45) is 2.20. The summed E-state index contributed by atoms with van der Waals surface area (Å²) >= 11 is 1.73. The average molecular weight is 287 g/mol. The zero-order valence-electron chi connectivity index (χ0n) is 11.9. The predicted octanol–water partition coefficient (Wildman–Crippen LogP) is 2.87. The second kappa shape index (κ2) is 6.37. The third-order valence-corrected chi connectivity index (χ3v) is 4.59. The first-order valence-corrected chi connectivity index (χ1v) is 8.13. The number of thiazole rings is 1. The smallest absolute Gasteiger partial charge is 0.0897 e. The number of hydrogen-bond acceptors (Lipinski definition) is 4. The van der Waals surface area contributed by atoms with Gasteiger partial charge in [-0.2, -0.15) is 0 Å². The van der Waals surface area contributed by atoms with Gasteiger partial charge in [0.05, 0.1) is 10.7 Å². The fourth-order valence-corrected chi connectivity index (χ4v) is 3.35. The summed E-state index contributed by atoms with van der Waals surface area (Å²) < 4.78 is 0. The van der Waals surface area contributed by atoms with Crippen molar-refractivity contribution in [1.29, 1.82) is 0 Å². The van der Waals surface area contributed by atoms with Crippen molar-refractivity contribution < 1.29 is 0 Å². The Bertz CT molecular complexity index is 564. The molecule has 3 nitrogen and oxygen atoms in total. The lowest BCUT2D eigenvalue weighted by atomic mass is 9.94. The SMILES string of the molecule is Cc1nc(CCNCC2CNc3ccccc3C2)cs1. The molecule has 0 radical (unpaired) electrons. The van der Waals surface area contributed by atoms with Crippen LogP contribution in [-0.2, 0) is 12.8 Å². The monoisotopic (exact) mass is 287 g/mol. The Labute approximate surface area is 124 Å². The topological polar surface area (TPSA) is 37.0 Å². The highest BCUT2D eigenvalue weighted by Gasteiger charge is 2.16. The predicted molar refractivity (Wildman–Crippen MR) is 85.6 cm³/mol. The van der Waals surface area contributed by atoms with Crippen LogP contribution in [-0.4, -0.2) is 24.6 Å². The number of aryl methyl sites for hydroxylation is 1. The summed E-state index contributed by atoms with van der Waals surface area (Å²) in [5.74, 6) is 0.682. The van der Waals surface area contributed by atoms with E-state index in [2.05, 4.69) is 52.2 Å². The van der Waals surface area contributed by atoms with E-state index < -0.39 is 0 Å². The number of hydrogen-bond donors (Lipinski definition) is 2. The van der Waals surface area contributed by atoms with Crippen LogP contribution in [0.4, 0.5) is 5.69 Å². The largest absolute Gasteiger partial charge is 0.384 e. The second-order valence-corrected chi connectivity index (χ2v) is 6.48. The number of para-hydroxylation sites is 1. The number of fused-ring (bicyclic) bond motifs is 1. The fourth-order valence-electron chi connectivity index (χ4n) is 2.70. The normalized spacial score (nSPS) is 17.6. The molecule has 1 aromatic heterocycles. The molecule has 0 amide bonds. The van der Waals surface area contributed by atoms with Crippen molar-refractivity contribution in [1.82, 2.24) is 10.3 Å². The minimum atomic E-state index is 0.682. The van der Waals surface area contributed by atoms with Crippen LogP contribution >= 0.6 is 11.3 Å². The molecule has 0 aliphatic carbocycles. The van der Waals surface area contributed by atoms with Gasteiger partial charge in [-0.25, -0.2) is 4.98 Å². The van der Waals surface area contributed by atoms with E-state index in [1.807, 2.05) is 0 Å². The van der Waals surface area contributed by atoms with E-state index in [0.29, 0.717) is 5.92 Å². The lowest BCUT2D eigenvalue weighted by Crippen LogP contribution is -2.33. The molecule has 1 aliphatic heterocycles. The maximum Gasteiger partial charge on any atom is 0.0897 e. The van der Waals surface area contributed by atoms with Crippen molar-refractivity contribution >= 4 is 17.0 Å². The van der Waals surface area contributed by atoms with Crippen LogP contribution in [0.5, 0.6) is 0 Å². The molecule has 2 N–H and O–H groups in total. The Morgan fingerprint density at radius 2 is 2.30 bits per heavy atom. The molecule has 0 saturated heterocycles. The summed E-state index contributed by atoms with van der Waals surface area (Å²) in [6, 6.07) is 8.62. The Kier molecular flexibility index (Phi) is 4.33. The van der Waals surface area contributed by atoms with Gasteiger partial charge in [0.15, 0.2) is 0 Å². The molecule has 2 aromatic rings. The van der Waals surface area contributed by atoms with E-state index in [9.17, 15) is 0 Å². The van der Waals surface area contributed by atoms with Crippen LogP contribution in [0.3, 0.4) is 0 Å². The molecule has 3 rings (SSSR count). The van der Waals surface area contributed by atoms with Crippen LogP contribution in [0.2, 0.25) is 0 Å². The zero-order valence-corrected chi connectivity index (χ0v) is 12.7. The average Bonchev–Trinajstić information content (AvgIpc) is 2.89. The summed E-state index contributed by atoms with van der Waals surface area (Å²) in [7, 11) is 0. The Morgan fingerprint density at radius 1 is 1.40 bits per heavy atom. The number of nitrogens with zero attached hydrogens (tertiary/aromatic N) is 1. The highest BCUT2D eigenvalue weighted by Crippen LogP contribution is 2.23. The van der Waals surface area contributed by atoms with E-state index >= 15 is 0 Å². The third kappa shape index (κ3) is 3.38. The summed E-state index contributed by atoms with van der Waals surface area (Å²) in [5.41, 5.74) is 3.97. The van der Waals surface area contributed by atoms with Crippen molar-refractivity contribution in [2.45, 2.75) is 19.8 Å². The molecule has 1 aromatic carbocycles. The quantitative estimate of drug-likeness (QED) is 0.830. The van der Waals surface area contributed by atoms with Gasteiger partial charge in [0, 0.05) is 30.6 Å². The molecule has 20 heavy (non-hydrogen) atoms. The van der Waals surface area contributed by atoms with Crippen LogP contribution in [0.25, 0.3) is 0 Å². The molecule has 2 heterocycles. The van der Waals surface area contributed by atoms with Crippen molar-refractivity contribution in [2.75, 3.05) is 25.0 Å². The highest BCUT2D eigenvalue weighted by molar-refractivity contribution is 7.09. The van der Waals surface area contributed by atoms with E-state index in [-0.39, 0.29) is 0 Å². The highest BCUT2D eigenvalue weighted by atomic mass is 32.1. The lowest BCUT2D eigenvalue weighted by molar-refractivity contribution is 0.485. The van der Waals surface area contributed by atoms with E-state index in [0.717, 1.165) is 31.1 Å². The van der Waals surface area contributed by atoms with Crippen LogP contribution < -0.4 is 10.6 Å². The molecule has 0 bridgehead atoms. The van der Waals surface area contributed by atoms with E-state index in [1.54, 1.807) is 11.3 Å². The molecule has 0 saturated carbocycles. The maximum atomic E-state index is 4.49. The third-order valence-electron chi connectivity index (χ3n) is 3.76. The number of anilines is 1. The number of benzene rings is 1. The van der Waals surface area contributed by atoms with Crippen LogP contribution in [0.15, 0.2) is 29.6 Å². The first-order valence-electron chi connectivity index (χ1n) is 7.25. The van der Waals surface area contributed by atoms with Crippen molar-refractivity contribution in [3.8, 4) is 0 Å². The minimum Gasteiger partial charge on any atom is -0.384 e. The number of nitrogens with one attached hydrogen (secondary N) is 2. The molecule has 1 atom stereocenters. The number of rotatable bonds is 5. The van der Waals surface area contributed by atoms with Crippen LogP contribution in [0.1, 0.15) is 16.3 Å². The van der Waals surface area contributed by atoms with Gasteiger partial charge in [-0.3, -0.25) is 0 Å². The van der Waals surface area contributed by atoms with Crippen molar-refractivity contribution in [2.24, 2.45) is 5.92 Å².